The van der Waals surface area contributed by atoms with Gasteiger partial charge >= 0.3 is 11.8 Å². The number of anilines is 1. The molecule has 0 unspecified atom stereocenters. The minimum absolute atomic E-state index is 0.126. The predicted molar refractivity (Wildman–Crippen MR) is 118 cm³/mol. The number of ether oxygens (including phenoxy) is 1. The Bertz CT molecular complexity index is 1120. The lowest BCUT2D eigenvalue weighted by molar-refractivity contribution is -0.136. The van der Waals surface area contributed by atoms with Crippen molar-refractivity contribution in [3.05, 3.63) is 63.7 Å². The van der Waals surface area contributed by atoms with E-state index >= 15 is 0 Å². The fraction of sp³-hybridized carbons (Fsp3) is 0.150. The third kappa shape index (κ3) is 4.99. The van der Waals surface area contributed by atoms with Crippen LogP contribution >= 0.6 is 27.5 Å². The number of fused-ring (bicyclic) bond motifs is 1. The number of nitrogens with one attached hydrogen (secondary N) is 3. The van der Waals surface area contributed by atoms with E-state index in [1.807, 2.05) is 0 Å². The summed E-state index contributed by atoms with van der Waals surface area (Å²) in [6.45, 7) is 0.451. The number of benzene rings is 2. The molecule has 2 aromatic carbocycles. The first-order valence-electron chi connectivity index (χ1n) is 8.85. The van der Waals surface area contributed by atoms with Gasteiger partial charge in [0.1, 0.15) is 5.69 Å². The smallest absolute Gasteiger partial charge is 0.328 e. The SMILES string of the molecule is COCCNC(=O)C(=O)Nn1c(C(=O)Nc2ccccc2Cl)cc2cc(Br)ccc21. The number of rotatable bonds is 6. The zero-order chi connectivity index (χ0) is 21.7. The van der Waals surface area contributed by atoms with Crippen LogP contribution in [0.25, 0.3) is 10.9 Å². The van der Waals surface area contributed by atoms with Crippen LogP contribution in [-0.4, -0.2) is 42.7 Å². The zero-order valence-corrected chi connectivity index (χ0v) is 18.2. The summed E-state index contributed by atoms with van der Waals surface area (Å²) in [6.07, 6.45) is 0. The summed E-state index contributed by atoms with van der Waals surface area (Å²) < 4.78 is 6.91. The second-order valence-corrected chi connectivity index (χ2v) is 7.51. The molecule has 3 N–H and O–H groups in total. The van der Waals surface area contributed by atoms with Crippen LogP contribution in [0.2, 0.25) is 5.02 Å². The second-order valence-electron chi connectivity index (χ2n) is 6.19. The van der Waals surface area contributed by atoms with Gasteiger partial charge in [0.15, 0.2) is 0 Å². The molecule has 0 bridgehead atoms. The molecule has 0 saturated heterocycles. The molecular formula is C20H18BrClN4O4. The molecule has 8 nitrogen and oxygen atoms in total. The summed E-state index contributed by atoms with van der Waals surface area (Å²) in [7, 11) is 1.49. The fourth-order valence-corrected chi connectivity index (χ4v) is 3.28. The van der Waals surface area contributed by atoms with Crippen molar-refractivity contribution in [2.75, 3.05) is 31.0 Å². The van der Waals surface area contributed by atoms with Crippen LogP contribution in [0.15, 0.2) is 53.0 Å². The molecule has 10 heteroatoms. The van der Waals surface area contributed by atoms with E-state index in [0.29, 0.717) is 21.6 Å². The highest BCUT2D eigenvalue weighted by Crippen LogP contribution is 2.25. The third-order valence-electron chi connectivity index (χ3n) is 4.13. The highest BCUT2D eigenvalue weighted by atomic mass is 79.9. The van der Waals surface area contributed by atoms with Gasteiger partial charge in [-0.15, -0.1) is 0 Å². The molecule has 3 rings (SSSR count). The highest BCUT2D eigenvalue weighted by molar-refractivity contribution is 9.10. The van der Waals surface area contributed by atoms with Gasteiger partial charge in [-0.3, -0.25) is 19.8 Å². The van der Waals surface area contributed by atoms with Crippen molar-refractivity contribution in [3.8, 4) is 0 Å². The molecule has 0 spiro atoms. The van der Waals surface area contributed by atoms with Gasteiger partial charge in [0.05, 0.1) is 22.8 Å². The van der Waals surface area contributed by atoms with Crippen molar-refractivity contribution in [1.82, 2.24) is 9.99 Å². The lowest BCUT2D eigenvalue weighted by atomic mass is 10.2. The summed E-state index contributed by atoms with van der Waals surface area (Å²) >= 11 is 9.51. The number of carbonyl (C=O) groups excluding carboxylic acids is 3. The molecular weight excluding hydrogens is 476 g/mol. The molecule has 30 heavy (non-hydrogen) atoms. The largest absolute Gasteiger partial charge is 0.383 e. The number of halogens is 2. The first-order valence-corrected chi connectivity index (χ1v) is 10.0. The lowest BCUT2D eigenvalue weighted by Gasteiger charge is -2.13. The minimum atomic E-state index is -0.918. The maximum atomic E-state index is 12.9. The first-order chi connectivity index (χ1) is 14.4. The van der Waals surface area contributed by atoms with E-state index in [9.17, 15) is 14.4 Å². The van der Waals surface area contributed by atoms with Crippen LogP contribution in [-0.2, 0) is 14.3 Å². The van der Waals surface area contributed by atoms with E-state index in [1.54, 1.807) is 48.5 Å². The number of hydrogen-bond donors (Lipinski definition) is 3. The molecule has 0 aliphatic carbocycles. The van der Waals surface area contributed by atoms with E-state index in [2.05, 4.69) is 32.0 Å². The maximum Gasteiger partial charge on any atom is 0.328 e. The number of amides is 3. The summed E-state index contributed by atoms with van der Waals surface area (Å²) in [5.41, 5.74) is 3.57. The molecule has 0 atom stereocenters. The fourth-order valence-electron chi connectivity index (χ4n) is 2.72. The van der Waals surface area contributed by atoms with Crippen molar-refractivity contribution < 1.29 is 19.1 Å². The Labute approximate surface area is 185 Å². The molecule has 1 heterocycles. The molecule has 0 fully saturated rings. The van der Waals surface area contributed by atoms with Gasteiger partial charge < -0.3 is 15.4 Å². The average Bonchev–Trinajstić information content (AvgIpc) is 3.07. The highest BCUT2D eigenvalue weighted by Gasteiger charge is 2.21. The molecule has 0 aliphatic heterocycles. The van der Waals surface area contributed by atoms with Crippen LogP contribution in [0.1, 0.15) is 10.5 Å². The van der Waals surface area contributed by atoms with Gasteiger partial charge in [-0.1, -0.05) is 39.7 Å². The Morgan fingerprint density at radius 2 is 1.87 bits per heavy atom. The summed E-state index contributed by atoms with van der Waals surface area (Å²) in [4.78, 5) is 37.3. The second kappa shape index (κ2) is 9.75. The average molecular weight is 494 g/mol. The Morgan fingerprint density at radius 1 is 1.10 bits per heavy atom. The van der Waals surface area contributed by atoms with E-state index in [-0.39, 0.29) is 18.8 Å². The molecule has 3 aromatic rings. The summed E-state index contributed by atoms with van der Waals surface area (Å²) in [5, 5.41) is 6.21. The lowest BCUT2D eigenvalue weighted by Crippen LogP contribution is -2.40. The number of methoxy groups -OCH3 is 1. The van der Waals surface area contributed by atoms with E-state index < -0.39 is 17.7 Å². The van der Waals surface area contributed by atoms with E-state index in [1.165, 1.54) is 11.8 Å². The quantitative estimate of drug-likeness (QED) is 0.363. The van der Waals surface area contributed by atoms with Crippen LogP contribution in [0.5, 0.6) is 0 Å². The van der Waals surface area contributed by atoms with Crippen molar-refractivity contribution in [2.45, 2.75) is 0 Å². The molecule has 0 aliphatic rings. The summed E-state index contributed by atoms with van der Waals surface area (Å²) in [5.74, 6) is -2.27. The maximum absolute atomic E-state index is 12.9. The van der Waals surface area contributed by atoms with E-state index in [0.717, 1.165) is 4.47 Å². The number of carbonyl (C=O) groups is 3. The van der Waals surface area contributed by atoms with Crippen molar-refractivity contribution in [1.29, 1.82) is 0 Å². The predicted octanol–water partition coefficient (Wildman–Crippen LogP) is 3.14. The van der Waals surface area contributed by atoms with E-state index in [4.69, 9.17) is 16.3 Å². The van der Waals surface area contributed by atoms with Crippen molar-refractivity contribution in [2.24, 2.45) is 0 Å². The van der Waals surface area contributed by atoms with Crippen molar-refractivity contribution in [3.63, 3.8) is 0 Å². The van der Waals surface area contributed by atoms with Gasteiger partial charge in [-0.05, 0) is 36.4 Å². The standard InChI is InChI=1S/C20H18BrClN4O4/c1-30-9-8-23-19(28)20(29)25-26-16-7-6-13(21)10-12(16)11-17(26)18(27)24-15-5-3-2-4-14(15)22/h2-7,10-11H,8-9H2,1H3,(H,23,28)(H,24,27)(H,25,29). The number of nitrogens with zero attached hydrogens (tertiary/aromatic N) is 1. The van der Waals surface area contributed by atoms with Crippen LogP contribution in [0.4, 0.5) is 5.69 Å². The van der Waals surface area contributed by atoms with Gasteiger partial charge in [0, 0.05) is 23.5 Å². The van der Waals surface area contributed by atoms with Crippen LogP contribution in [0.3, 0.4) is 0 Å². The zero-order valence-electron chi connectivity index (χ0n) is 15.9. The minimum Gasteiger partial charge on any atom is -0.383 e. The third-order valence-corrected chi connectivity index (χ3v) is 4.95. The molecule has 0 saturated carbocycles. The van der Waals surface area contributed by atoms with Gasteiger partial charge in [-0.2, -0.15) is 0 Å². The van der Waals surface area contributed by atoms with Gasteiger partial charge in [0.2, 0.25) is 0 Å². The van der Waals surface area contributed by atoms with Crippen LogP contribution < -0.4 is 16.1 Å². The van der Waals surface area contributed by atoms with Crippen LogP contribution in [0, 0.1) is 0 Å². The first kappa shape index (κ1) is 21.8. The van der Waals surface area contributed by atoms with Crippen molar-refractivity contribution >= 4 is 61.8 Å². The Hall–Kier alpha value is -2.88. The summed E-state index contributed by atoms with van der Waals surface area (Å²) in [6, 6.07) is 13.7. The van der Waals surface area contributed by atoms with Gasteiger partial charge in [-0.25, -0.2) is 4.68 Å². The Kier molecular flexibility index (Phi) is 7.09. The van der Waals surface area contributed by atoms with Gasteiger partial charge in [0.25, 0.3) is 5.91 Å². The molecule has 1 aromatic heterocycles. The topological polar surface area (TPSA) is 101 Å². The Morgan fingerprint density at radius 3 is 2.60 bits per heavy atom. The molecule has 3 amide bonds. The number of aromatic nitrogens is 1. The Balaban J connectivity index is 1.92. The number of para-hydroxylation sites is 1. The number of hydrogen-bond acceptors (Lipinski definition) is 4. The normalized spacial score (nSPS) is 10.6. The monoisotopic (exact) mass is 492 g/mol. The molecule has 0 radical (unpaired) electrons. The molecule has 156 valence electrons.